The summed E-state index contributed by atoms with van der Waals surface area (Å²) in [5, 5.41) is 0. The molecular weight excluding hydrogens is 374 g/mol. The number of hydrogen-bond donors (Lipinski definition) is 1. The summed E-state index contributed by atoms with van der Waals surface area (Å²) in [4.78, 5) is 11.7. The molecule has 0 spiro atoms. The van der Waals surface area contributed by atoms with E-state index in [-0.39, 0.29) is 22.4 Å². The minimum Gasteiger partial charge on any atom is -0.469 e. The van der Waals surface area contributed by atoms with Crippen molar-refractivity contribution in [3.05, 3.63) is 33.8 Å². The lowest BCUT2D eigenvalue weighted by Crippen LogP contribution is -2.37. The van der Waals surface area contributed by atoms with Crippen molar-refractivity contribution >= 4 is 34.3 Å². The molecule has 0 heterocycles. The fourth-order valence-corrected chi connectivity index (χ4v) is 2.27. The number of benzene rings is 1. The summed E-state index contributed by atoms with van der Waals surface area (Å²) in [5.41, 5.74) is 4.19. The van der Waals surface area contributed by atoms with Gasteiger partial charge in [-0.1, -0.05) is 15.9 Å². The molecule has 120 valence electrons. The van der Waals surface area contributed by atoms with Gasteiger partial charge in [0.05, 0.1) is 18.1 Å². The Bertz CT molecular complexity index is 521. The van der Waals surface area contributed by atoms with Gasteiger partial charge < -0.3 is 10.5 Å². The summed E-state index contributed by atoms with van der Waals surface area (Å²) >= 11 is 3.02. The van der Waals surface area contributed by atoms with Crippen LogP contribution in [0.4, 0.5) is 13.2 Å². The minimum absolute atomic E-state index is 0. The molecule has 1 rings (SSSR count). The largest absolute Gasteiger partial charge is 0.469 e. The molecule has 0 radical (unpaired) electrons. The summed E-state index contributed by atoms with van der Waals surface area (Å²) in [5.74, 6) is -0.585. The molecule has 0 aromatic heterocycles. The van der Waals surface area contributed by atoms with Crippen LogP contribution in [0.5, 0.6) is 0 Å². The highest BCUT2D eigenvalue weighted by molar-refractivity contribution is 9.10. The number of ether oxygens (including phenoxy) is 1. The van der Waals surface area contributed by atoms with Crippen LogP contribution in [-0.2, 0) is 15.7 Å². The lowest BCUT2D eigenvalue weighted by atomic mass is 9.80. The zero-order valence-corrected chi connectivity index (χ0v) is 14.0. The molecule has 0 aliphatic carbocycles. The van der Waals surface area contributed by atoms with Gasteiger partial charge in [0.15, 0.2) is 0 Å². The second-order valence-electron chi connectivity index (χ2n) is 4.96. The molecule has 3 nitrogen and oxygen atoms in total. The first-order valence-electron chi connectivity index (χ1n) is 5.72. The van der Waals surface area contributed by atoms with E-state index in [4.69, 9.17) is 5.73 Å². The Morgan fingerprint density at radius 2 is 1.81 bits per heavy atom. The van der Waals surface area contributed by atoms with E-state index in [0.717, 1.165) is 12.1 Å². The van der Waals surface area contributed by atoms with Crippen molar-refractivity contribution in [3.8, 4) is 0 Å². The van der Waals surface area contributed by atoms with Crippen LogP contribution in [0, 0.1) is 5.41 Å². The number of methoxy groups -OCH3 is 1. The Kier molecular flexibility index (Phi) is 6.72. The molecule has 1 aromatic carbocycles. The summed E-state index contributed by atoms with van der Waals surface area (Å²) in [6, 6.07) is 2.44. The number of carbonyl (C=O) groups is 1. The van der Waals surface area contributed by atoms with E-state index in [1.807, 2.05) is 0 Å². The number of halogens is 5. The van der Waals surface area contributed by atoms with Gasteiger partial charge in [0.1, 0.15) is 0 Å². The van der Waals surface area contributed by atoms with Crippen LogP contribution >= 0.6 is 28.3 Å². The Labute approximate surface area is 135 Å². The van der Waals surface area contributed by atoms with Gasteiger partial charge in [-0.25, -0.2) is 0 Å². The van der Waals surface area contributed by atoms with Crippen molar-refractivity contribution in [1.82, 2.24) is 0 Å². The van der Waals surface area contributed by atoms with Crippen LogP contribution in [-0.4, -0.2) is 13.1 Å². The van der Waals surface area contributed by atoms with Gasteiger partial charge in [0.2, 0.25) is 0 Å². The molecule has 0 bridgehead atoms. The third kappa shape index (κ3) is 4.59. The van der Waals surface area contributed by atoms with Gasteiger partial charge in [-0.15, -0.1) is 12.4 Å². The zero-order valence-electron chi connectivity index (χ0n) is 11.6. The molecule has 0 aliphatic rings. The lowest BCUT2D eigenvalue weighted by Gasteiger charge is -2.29. The predicted octanol–water partition coefficient (Wildman–Crippen LogP) is 4.09. The summed E-state index contributed by atoms with van der Waals surface area (Å²) < 4.78 is 43.2. The van der Waals surface area contributed by atoms with Crippen molar-refractivity contribution < 1.29 is 22.7 Å². The molecule has 0 aliphatic heterocycles. The van der Waals surface area contributed by atoms with E-state index in [9.17, 15) is 18.0 Å². The average molecular weight is 391 g/mol. The maximum absolute atomic E-state index is 12.8. The van der Waals surface area contributed by atoms with E-state index in [1.165, 1.54) is 27.0 Å². The van der Waals surface area contributed by atoms with Crippen LogP contribution in [0.1, 0.15) is 31.0 Å². The van der Waals surface area contributed by atoms with Crippen LogP contribution in [0.25, 0.3) is 0 Å². The van der Waals surface area contributed by atoms with Gasteiger partial charge in [0.25, 0.3) is 0 Å². The minimum atomic E-state index is -4.48. The predicted molar refractivity (Wildman–Crippen MR) is 79.1 cm³/mol. The number of rotatable bonds is 3. The smallest absolute Gasteiger partial charge is 0.416 e. The molecule has 8 heteroatoms. The first kappa shape index (κ1) is 20.2. The molecule has 0 amide bonds. The standard InChI is InChI=1S/C13H15BrF3NO2.ClH/c1-12(2,11(19)20-3)10(18)7-4-8(13(15,16)17)6-9(14)5-7;/h4-6,10H,18H2,1-3H3;1H/t10-;/m0./s1. The van der Waals surface area contributed by atoms with Gasteiger partial charge in [0, 0.05) is 10.5 Å². The average Bonchev–Trinajstić information content (AvgIpc) is 2.34. The number of esters is 1. The quantitative estimate of drug-likeness (QED) is 0.791. The monoisotopic (exact) mass is 389 g/mol. The van der Waals surface area contributed by atoms with Crippen LogP contribution < -0.4 is 5.73 Å². The molecule has 0 fully saturated rings. The molecule has 1 aromatic rings. The van der Waals surface area contributed by atoms with Crippen molar-refractivity contribution in [2.75, 3.05) is 7.11 Å². The molecular formula is C13H16BrClF3NO2. The number of alkyl halides is 3. The first-order chi connectivity index (χ1) is 9.00. The fourth-order valence-electron chi connectivity index (χ4n) is 1.76. The Hall–Kier alpha value is -0.790. The maximum atomic E-state index is 12.8. The number of nitrogens with two attached hydrogens (primary N) is 1. The van der Waals surface area contributed by atoms with Crippen LogP contribution in [0.2, 0.25) is 0 Å². The van der Waals surface area contributed by atoms with Crippen LogP contribution in [0.15, 0.2) is 22.7 Å². The topological polar surface area (TPSA) is 52.3 Å². The van der Waals surface area contributed by atoms with Crippen LogP contribution in [0.3, 0.4) is 0 Å². The molecule has 1 atom stereocenters. The van der Waals surface area contributed by atoms with Gasteiger partial charge >= 0.3 is 12.1 Å². The maximum Gasteiger partial charge on any atom is 0.416 e. The molecule has 21 heavy (non-hydrogen) atoms. The van der Waals surface area contributed by atoms with E-state index >= 15 is 0 Å². The highest BCUT2D eigenvalue weighted by Gasteiger charge is 2.38. The SMILES string of the molecule is COC(=O)C(C)(C)[C@@H](N)c1cc(Br)cc(C(F)(F)F)c1.Cl. The second kappa shape index (κ2) is 6.98. The second-order valence-corrected chi connectivity index (χ2v) is 5.88. The highest BCUT2D eigenvalue weighted by atomic mass is 79.9. The normalized spacial score (nSPS) is 13.3. The van der Waals surface area contributed by atoms with Gasteiger partial charge in [-0.05, 0) is 37.6 Å². The number of carbonyl (C=O) groups excluding carboxylic acids is 1. The van der Waals surface area contributed by atoms with Crippen molar-refractivity contribution in [2.24, 2.45) is 11.1 Å². The summed E-state index contributed by atoms with van der Waals surface area (Å²) in [6.45, 7) is 3.05. The Balaban J connectivity index is 0.00000400. The highest BCUT2D eigenvalue weighted by Crippen LogP contribution is 2.37. The summed E-state index contributed by atoms with van der Waals surface area (Å²) in [6.07, 6.45) is -4.48. The number of hydrogen-bond acceptors (Lipinski definition) is 3. The first-order valence-corrected chi connectivity index (χ1v) is 6.51. The molecule has 0 saturated carbocycles. The van der Waals surface area contributed by atoms with Crippen molar-refractivity contribution in [3.63, 3.8) is 0 Å². The third-order valence-electron chi connectivity index (χ3n) is 3.10. The summed E-state index contributed by atoms with van der Waals surface area (Å²) in [7, 11) is 1.21. The van der Waals surface area contributed by atoms with Gasteiger partial charge in [-0.3, -0.25) is 4.79 Å². The van der Waals surface area contributed by atoms with E-state index in [2.05, 4.69) is 20.7 Å². The van der Waals surface area contributed by atoms with E-state index in [1.54, 1.807) is 0 Å². The van der Waals surface area contributed by atoms with E-state index < -0.39 is 29.2 Å². The van der Waals surface area contributed by atoms with Gasteiger partial charge in [-0.2, -0.15) is 13.2 Å². The van der Waals surface area contributed by atoms with E-state index in [0.29, 0.717) is 0 Å². The van der Waals surface area contributed by atoms with Crippen molar-refractivity contribution in [2.45, 2.75) is 26.1 Å². The fraction of sp³-hybridized carbons (Fsp3) is 0.462. The molecule has 0 saturated heterocycles. The molecule has 2 N–H and O–H groups in total. The molecule has 0 unspecified atom stereocenters. The Morgan fingerprint density at radius 1 is 1.29 bits per heavy atom. The zero-order chi connectivity index (χ0) is 15.7. The van der Waals surface area contributed by atoms with Crippen molar-refractivity contribution in [1.29, 1.82) is 0 Å². The lowest BCUT2D eigenvalue weighted by molar-refractivity contribution is -0.152. The third-order valence-corrected chi connectivity index (χ3v) is 3.55. The Morgan fingerprint density at radius 3 is 2.24 bits per heavy atom.